The summed E-state index contributed by atoms with van der Waals surface area (Å²) in [7, 11) is 0. The molecule has 0 bridgehead atoms. The van der Waals surface area contributed by atoms with Gasteiger partial charge in [0.25, 0.3) is 5.69 Å². The number of nitro groups is 1. The van der Waals surface area contributed by atoms with Gasteiger partial charge in [0.15, 0.2) is 5.16 Å². The number of imidazole rings is 1. The Bertz CT molecular complexity index is 618. The molecule has 2 aromatic rings. The number of nitro benzene ring substituents is 1. The van der Waals surface area contributed by atoms with Gasteiger partial charge in [-0.1, -0.05) is 11.8 Å². The zero-order chi connectivity index (χ0) is 15.2. The van der Waals surface area contributed by atoms with Gasteiger partial charge in [0, 0.05) is 17.9 Å². The van der Waals surface area contributed by atoms with Crippen LogP contribution in [0.2, 0.25) is 0 Å². The molecule has 0 amide bonds. The van der Waals surface area contributed by atoms with Crippen LogP contribution in [-0.2, 0) is 4.74 Å². The van der Waals surface area contributed by atoms with E-state index >= 15 is 0 Å². The number of hydrogen-bond donors (Lipinski definition) is 3. The van der Waals surface area contributed by atoms with Gasteiger partial charge in [-0.3, -0.25) is 10.1 Å². The van der Waals surface area contributed by atoms with Gasteiger partial charge in [0.2, 0.25) is 0 Å². The highest BCUT2D eigenvalue weighted by Gasteiger charge is 2.11. The summed E-state index contributed by atoms with van der Waals surface area (Å²) in [6.45, 7) is 0.248. The number of H-pyrrole nitrogens is 1. The van der Waals surface area contributed by atoms with Gasteiger partial charge in [-0.25, -0.2) is 4.98 Å². The maximum absolute atomic E-state index is 10.7. The molecular formula is C12H15N3O5S. The molecule has 21 heavy (non-hydrogen) atoms. The number of non-ortho nitro benzene ring substituents is 1. The maximum Gasteiger partial charge on any atom is 0.271 e. The largest absolute Gasteiger partial charge is 0.394 e. The number of rotatable bonds is 8. The van der Waals surface area contributed by atoms with Crippen molar-refractivity contribution in [3.05, 3.63) is 28.3 Å². The highest BCUT2D eigenvalue weighted by molar-refractivity contribution is 7.99. The van der Waals surface area contributed by atoms with Crippen molar-refractivity contribution in [1.29, 1.82) is 0 Å². The number of benzene rings is 1. The molecule has 0 saturated heterocycles. The minimum atomic E-state index is -0.677. The number of aromatic amines is 1. The molecule has 8 nitrogen and oxygen atoms in total. The molecule has 2 rings (SSSR count). The van der Waals surface area contributed by atoms with Gasteiger partial charge in [-0.05, 0) is 6.07 Å². The molecule has 0 saturated carbocycles. The van der Waals surface area contributed by atoms with Crippen LogP contribution in [0.4, 0.5) is 5.69 Å². The van der Waals surface area contributed by atoms with E-state index in [9.17, 15) is 15.2 Å². The first-order valence-corrected chi connectivity index (χ1v) is 7.22. The summed E-state index contributed by atoms with van der Waals surface area (Å²) in [4.78, 5) is 17.5. The van der Waals surface area contributed by atoms with Crippen molar-refractivity contribution in [2.75, 3.05) is 25.6 Å². The summed E-state index contributed by atoms with van der Waals surface area (Å²) in [6, 6.07) is 4.40. The van der Waals surface area contributed by atoms with Crippen LogP contribution in [0, 0.1) is 10.1 Å². The molecule has 114 valence electrons. The molecule has 0 radical (unpaired) electrons. The SMILES string of the molecule is O=[N+]([O-])c1ccc2nc(SCC(O)COCCO)[nH]c2c1. The molecular weight excluding hydrogens is 298 g/mol. The molecule has 0 aliphatic heterocycles. The smallest absolute Gasteiger partial charge is 0.271 e. The van der Waals surface area contributed by atoms with Crippen LogP contribution in [0.3, 0.4) is 0 Å². The van der Waals surface area contributed by atoms with Gasteiger partial charge in [-0.15, -0.1) is 0 Å². The first kappa shape index (κ1) is 15.7. The van der Waals surface area contributed by atoms with Gasteiger partial charge in [-0.2, -0.15) is 0 Å². The molecule has 0 aliphatic carbocycles. The number of thioether (sulfide) groups is 1. The number of ether oxygens (including phenoxy) is 1. The van der Waals surface area contributed by atoms with Crippen LogP contribution in [0.5, 0.6) is 0 Å². The molecule has 1 aromatic carbocycles. The molecule has 1 atom stereocenters. The second kappa shape index (κ2) is 7.36. The van der Waals surface area contributed by atoms with E-state index in [1.54, 1.807) is 6.07 Å². The third-order valence-corrected chi connectivity index (χ3v) is 3.63. The summed E-state index contributed by atoms with van der Waals surface area (Å²) in [6.07, 6.45) is -0.677. The first-order valence-electron chi connectivity index (χ1n) is 6.24. The lowest BCUT2D eigenvalue weighted by molar-refractivity contribution is -0.384. The van der Waals surface area contributed by atoms with Crippen LogP contribution in [0.1, 0.15) is 0 Å². The van der Waals surface area contributed by atoms with Crippen LogP contribution in [-0.4, -0.2) is 56.8 Å². The zero-order valence-electron chi connectivity index (χ0n) is 11.1. The number of nitrogens with zero attached hydrogens (tertiary/aromatic N) is 2. The van der Waals surface area contributed by atoms with Gasteiger partial charge in [0.1, 0.15) is 0 Å². The van der Waals surface area contributed by atoms with E-state index in [1.165, 1.54) is 23.9 Å². The minimum absolute atomic E-state index is 0.000128. The fourth-order valence-electron chi connectivity index (χ4n) is 1.66. The van der Waals surface area contributed by atoms with Crippen LogP contribution >= 0.6 is 11.8 Å². The standard InChI is InChI=1S/C12H15N3O5S/c16-3-4-20-6-9(17)7-21-12-13-10-2-1-8(15(18)19)5-11(10)14-12/h1-2,5,9,16-17H,3-4,6-7H2,(H,13,14). The van der Waals surface area contributed by atoms with Crippen molar-refractivity contribution in [2.45, 2.75) is 11.3 Å². The summed E-state index contributed by atoms with van der Waals surface area (Å²) in [5.41, 5.74) is 1.21. The lowest BCUT2D eigenvalue weighted by atomic mass is 10.3. The number of hydrogen-bond acceptors (Lipinski definition) is 7. The fraction of sp³-hybridized carbons (Fsp3) is 0.417. The summed E-state index contributed by atoms with van der Waals surface area (Å²) in [5.74, 6) is 0.368. The van der Waals surface area contributed by atoms with Crippen molar-refractivity contribution in [2.24, 2.45) is 0 Å². The minimum Gasteiger partial charge on any atom is -0.394 e. The van der Waals surface area contributed by atoms with Crippen molar-refractivity contribution in [3.8, 4) is 0 Å². The normalized spacial score (nSPS) is 12.7. The Labute approximate surface area is 124 Å². The predicted molar refractivity (Wildman–Crippen MR) is 77.4 cm³/mol. The number of aliphatic hydroxyl groups excluding tert-OH is 2. The lowest BCUT2D eigenvalue weighted by Gasteiger charge is -2.08. The third-order valence-electron chi connectivity index (χ3n) is 2.61. The number of aliphatic hydroxyl groups is 2. The first-order chi connectivity index (χ1) is 10.1. The third kappa shape index (κ3) is 4.39. The second-order valence-corrected chi connectivity index (χ2v) is 5.27. The molecule has 9 heteroatoms. The molecule has 1 heterocycles. The van der Waals surface area contributed by atoms with Gasteiger partial charge in [0.05, 0.1) is 41.9 Å². The average molecular weight is 313 g/mol. The van der Waals surface area contributed by atoms with Crippen molar-refractivity contribution >= 4 is 28.5 Å². The second-order valence-electron chi connectivity index (χ2n) is 4.26. The Morgan fingerprint density at radius 3 is 3.05 bits per heavy atom. The quantitative estimate of drug-likeness (QED) is 0.287. The highest BCUT2D eigenvalue weighted by Crippen LogP contribution is 2.23. The van der Waals surface area contributed by atoms with E-state index in [-0.39, 0.29) is 25.5 Å². The average Bonchev–Trinajstić information content (AvgIpc) is 2.87. The Kier molecular flexibility index (Phi) is 5.51. The predicted octanol–water partition coefficient (Wildman–Crippen LogP) is 0.933. The Morgan fingerprint density at radius 2 is 2.33 bits per heavy atom. The Morgan fingerprint density at radius 1 is 1.52 bits per heavy atom. The van der Waals surface area contributed by atoms with E-state index in [4.69, 9.17) is 9.84 Å². The van der Waals surface area contributed by atoms with Crippen molar-refractivity contribution in [3.63, 3.8) is 0 Å². The van der Waals surface area contributed by atoms with Gasteiger partial charge >= 0.3 is 0 Å². The molecule has 0 spiro atoms. The highest BCUT2D eigenvalue weighted by atomic mass is 32.2. The van der Waals surface area contributed by atoms with Crippen LogP contribution < -0.4 is 0 Å². The van der Waals surface area contributed by atoms with E-state index in [1.807, 2.05) is 0 Å². The number of fused-ring (bicyclic) bond motifs is 1. The van der Waals surface area contributed by atoms with E-state index in [2.05, 4.69) is 9.97 Å². The number of nitrogens with one attached hydrogen (secondary N) is 1. The Balaban J connectivity index is 1.95. The summed E-state index contributed by atoms with van der Waals surface area (Å²) >= 11 is 1.30. The lowest BCUT2D eigenvalue weighted by Crippen LogP contribution is -2.19. The van der Waals surface area contributed by atoms with Crippen molar-refractivity contribution in [1.82, 2.24) is 9.97 Å². The monoisotopic (exact) mass is 313 g/mol. The van der Waals surface area contributed by atoms with Crippen LogP contribution in [0.15, 0.2) is 23.4 Å². The van der Waals surface area contributed by atoms with Gasteiger partial charge < -0.3 is 19.9 Å². The molecule has 1 unspecified atom stereocenters. The Hall–Kier alpha value is -1.68. The number of aromatic nitrogens is 2. The van der Waals surface area contributed by atoms with Crippen LogP contribution in [0.25, 0.3) is 11.0 Å². The molecule has 0 aliphatic rings. The molecule has 1 aromatic heterocycles. The van der Waals surface area contributed by atoms with E-state index < -0.39 is 11.0 Å². The summed E-state index contributed by atoms with van der Waals surface area (Å²) in [5, 5.41) is 29.5. The zero-order valence-corrected chi connectivity index (χ0v) is 11.9. The topological polar surface area (TPSA) is 122 Å². The molecule has 0 fully saturated rings. The maximum atomic E-state index is 10.7. The van der Waals surface area contributed by atoms with Crippen molar-refractivity contribution < 1.29 is 19.9 Å². The van der Waals surface area contributed by atoms with E-state index in [0.717, 1.165) is 0 Å². The molecule has 3 N–H and O–H groups in total. The summed E-state index contributed by atoms with van der Waals surface area (Å²) < 4.78 is 5.02. The van der Waals surface area contributed by atoms with E-state index in [0.29, 0.717) is 21.9 Å². The fourth-order valence-corrected chi connectivity index (χ4v) is 2.45.